The molecule has 2 heteroatoms. The van der Waals surface area contributed by atoms with Gasteiger partial charge >= 0.3 is 0 Å². The highest BCUT2D eigenvalue weighted by Gasteiger charge is 2.23. The van der Waals surface area contributed by atoms with E-state index in [-0.39, 0.29) is 22.9 Å². The molecule has 1 rings (SSSR count). The number of rotatable bonds is 3. The minimum absolute atomic E-state index is 0.0232. The third-order valence-electron chi connectivity index (χ3n) is 3.33. The topological polar surface area (TPSA) is 17.1 Å². The standard InChI is InChI=1S/C15H21FO/c1-10-6-12(9-13(16)7-10)14(17)8-11(2)15(3,4)5/h6-7,9,11H,8H2,1-5H3. The zero-order valence-corrected chi connectivity index (χ0v) is 11.3. The lowest BCUT2D eigenvalue weighted by atomic mass is 9.78. The molecule has 0 fully saturated rings. The summed E-state index contributed by atoms with van der Waals surface area (Å²) >= 11 is 0. The van der Waals surface area contributed by atoms with Gasteiger partial charge in [-0.15, -0.1) is 0 Å². The Morgan fingerprint density at radius 3 is 2.35 bits per heavy atom. The summed E-state index contributed by atoms with van der Waals surface area (Å²) in [6.07, 6.45) is 0.465. The maximum Gasteiger partial charge on any atom is 0.163 e. The van der Waals surface area contributed by atoms with Gasteiger partial charge in [-0.25, -0.2) is 4.39 Å². The molecule has 0 spiro atoms. The normalized spacial score (nSPS) is 13.5. The van der Waals surface area contributed by atoms with Crippen molar-refractivity contribution in [3.63, 3.8) is 0 Å². The van der Waals surface area contributed by atoms with Gasteiger partial charge in [0.25, 0.3) is 0 Å². The van der Waals surface area contributed by atoms with Gasteiger partial charge in [-0.1, -0.05) is 27.7 Å². The molecule has 1 aromatic carbocycles. The number of hydrogen-bond acceptors (Lipinski definition) is 1. The van der Waals surface area contributed by atoms with Gasteiger partial charge in [-0.2, -0.15) is 0 Å². The van der Waals surface area contributed by atoms with Gasteiger partial charge in [0.15, 0.2) is 5.78 Å². The highest BCUT2D eigenvalue weighted by atomic mass is 19.1. The van der Waals surface area contributed by atoms with Crippen molar-refractivity contribution in [2.75, 3.05) is 0 Å². The van der Waals surface area contributed by atoms with Crippen LogP contribution in [0.15, 0.2) is 18.2 Å². The molecule has 1 atom stereocenters. The van der Waals surface area contributed by atoms with E-state index in [0.29, 0.717) is 12.0 Å². The molecule has 0 saturated heterocycles. The van der Waals surface area contributed by atoms with Gasteiger partial charge < -0.3 is 0 Å². The van der Waals surface area contributed by atoms with E-state index in [9.17, 15) is 9.18 Å². The van der Waals surface area contributed by atoms with Crippen LogP contribution in [-0.4, -0.2) is 5.78 Å². The smallest absolute Gasteiger partial charge is 0.163 e. The highest BCUT2D eigenvalue weighted by molar-refractivity contribution is 5.96. The van der Waals surface area contributed by atoms with Gasteiger partial charge in [-0.3, -0.25) is 4.79 Å². The zero-order chi connectivity index (χ0) is 13.2. The first-order valence-corrected chi connectivity index (χ1v) is 6.00. The number of benzene rings is 1. The van der Waals surface area contributed by atoms with Crippen molar-refractivity contribution in [2.45, 2.75) is 41.0 Å². The third kappa shape index (κ3) is 3.95. The van der Waals surface area contributed by atoms with Crippen LogP contribution < -0.4 is 0 Å². The van der Waals surface area contributed by atoms with Crippen LogP contribution in [-0.2, 0) is 0 Å². The molecule has 1 unspecified atom stereocenters. The van der Waals surface area contributed by atoms with Crippen LogP contribution >= 0.6 is 0 Å². The number of carbonyl (C=O) groups is 1. The van der Waals surface area contributed by atoms with E-state index in [4.69, 9.17) is 0 Å². The molecule has 0 bridgehead atoms. The van der Waals surface area contributed by atoms with E-state index in [0.717, 1.165) is 5.56 Å². The molecule has 0 heterocycles. The molecule has 0 saturated carbocycles. The highest BCUT2D eigenvalue weighted by Crippen LogP contribution is 2.29. The Morgan fingerprint density at radius 1 is 1.29 bits per heavy atom. The first-order chi connectivity index (χ1) is 7.70. The lowest BCUT2D eigenvalue weighted by Crippen LogP contribution is -2.20. The summed E-state index contributed by atoms with van der Waals surface area (Å²) < 4.78 is 13.2. The van der Waals surface area contributed by atoms with Crippen LogP contribution in [0, 0.1) is 24.1 Å². The van der Waals surface area contributed by atoms with E-state index in [2.05, 4.69) is 27.7 Å². The van der Waals surface area contributed by atoms with E-state index in [1.54, 1.807) is 13.0 Å². The second-order valence-corrected chi connectivity index (χ2v) is 5.91. The minimum atomic E-state index is -0.336. The van der Waals surface area contributed by atoms with E-state index in [1.807, 2.05) is 0 Å². The van der Waals surface area contributed by atoms with Crippen LogP contribution in [0.1, 0.15) is 50.0 Å². The SMILES string of the molecule is Cc1cc(F)cc(C(=O)CC(C)C(C)(C)C)c1. The van der Waals surface area contributed by atoms with Crippen LogP contribution in [0.2, 0.25) is 0 Å². The number of carbonyl (C=O) groups excluding carboxylic acids is 1. The maximum atomic E-state index is 13.2. The zero-order valence-electron chi connectivity index (χ0n) is 11.3. The molecular weight excluding hydrogens is 215 g/mol. The summed E-state index contributed by atoms with van der Waals surface area (Å²) in [6.45, 7) is 10.2. The molecule has 0 aliphatic carbocycles. The van der Waals surface area contributed by atoms with E-state index in [1.165, 1.54) is 12.1 Å². The second kappa shape index (κ2) is 4.99. The summed E-state index contributed by atoms with van der Waals surface area (Å²) in [5, 5.41) is 0. The summed E-state index contributed by atoms with van der Waals surface area (Å²) in [5.41, 5.74) is 1.37. The summed E-state index contributed by atoms with van der Waals surface area (Å²) in [6, 6.07) is 4.51. The van der Waals surface area contributed by atoms with E-state index >= 15 is 0 Å². The first-order valence-electron chi connectivity index (χ1n) is 6.00. The lowest BCUT2D eigenvalue weighted by Gasteiger charge is -2.26. The molecule has 0 aromatic heterocycles. The summed E-state index contributed by atoms with van der Waals surface area (Å²) in [7, 11) is 0. The van der Waals surface area contributed by atoms with Crippen LogP contribution in [0.25, 0.3) is 0 Å². The average molecular weight is 236 g/mol. The van der Waals surface area contributed by atoms with Crippen LogP contribution in [0.5, 0.6) is 0 Å². The molecular formula is C15H21FO. The minimum Gasteiger partial charge on any atom is -0.294 e. The second-order valence-electron chi connectivity index (χ2n) is 5.91. The summed E-state index contributed by atoms with van der Waals surface area (Å²) in [5.74, 6) is -0.0367. The Balaban J connectivity index is 2.84. The number of ketones is 1. The Hall–Kier alpha value is -1.18. The van der Waals surface area contributed by atoms with Gasteiger partial charge in [0, 0.05) is 12.0 Å². The largest absolute Gasteiger partial charge is 0.294 e. The Labute approximate surface area is 103 Å². The number of aryl methyl sites for hydroxylation is 1. The predicted octanol–water partition coefficient (Wildman–Crippen LogP) is 4.39. The van der Waals surface area contributed by atoms with Crippen molar-refractivity contribution in [3.05, 3.63) is 35.1 Å². The lowest BCUT2D eigenvalue weighted by molar-refractivity contribution is 0.0926. The Morgan fingerprint density at radius 2 is 1.88 bits per heavy atom. The van der Waals surface area contributed by atoms with Crippen molar-refractivity contribution < 1.29 is 9.18 Å². The Bertz CT molecular complexity index is 395. The summed E-state index contributed by atoms with van der Waals surface area (Å²) in [4.78, 5) is 12.0. The fourth-order valence-corrected chi connectivity index (χ4v) is 1.60. The fourth-order valence-electron chi connectivity index (χ4n) is 1.60. The molecule has 0 aliphatic heterocycles. The molecule has 94 valence electrons. The van der Waals surface area contributed by atoms with Crippen molar-refractivity contribution in [2.24, 2.45) is 11.3 Å². The monoisotopic (exact) mass is 236 g/mol. The molecule has 0 radical (unpaired) electrons. The van der Waals surface area contributed by atoms with Gasteiger partial charge in [0.1, 0.15) is 5.82 Å². The van der Waals surface area contributed by atoms with E-state index < -0.39 is 0 Å². The molecule has 1 nitrogen and oxygen atoms in total. The maximum absolute atomic E-state index is 13.2. The number of Topliss-reactive ketones (excluding diaryl/α,β-unsaturated/α-hetero) is 1. The van der Waals surface area contributed by atoms with Crippen LogP contribution in [0.3, 0.4) is 0 Å². The molecule has 0 aliphatic rings. The third-order valence-corrected chi connectivity index (χ3v) is 3.33. The van der Waals surface area contributed by atoms with Crippen molar-refractivity contribution in [3.8, 4) is 0 Å². The number of hydrogen-bond donors (Lipinski definition) is 0. The Kier molecular flexibility index (Phi) is 4.07. The van der Waals surface area contributed by atoms with Gasteiger partial charge in [0.2, 0.25) is 0 Å². The van der Waals surface area contributed by atoms with Crippen molar-refractivity contribution in [1.82, 2.24) is 0 Å². The van der Waals surface area contributed by atoms with Crippen LogP contribution in [0.4, 0.5) is 4.39 Å². The average Bonchev–Trinajstić information content (AvgIpc) is 2.14. The van der Waals surface area contributed by atoms with Crippen molar-refractivity contribution >= 4 is 5.78 Å². The van der Waals surface area contributed by atoms with Gasteiger partial charge in [0.05, 0.1) is 0 Å². The molecule has 1 aromatic rings. The van der Waals surface area contributed by atoms with Crippen molar-refractivity contribution in [1.29, 1.82) is 0 Å². The molecule has 17 heavy (non-hydrogen) atoms. The molecule has 0 amide bonds. The van der Waals surface area contributed by atoms with Gasteiger partial charge in [-0.05, 0) is 42.0 Å². The molecule has 0 N–H and O–H groups in total. The predicted molar refractivity (Wildman–Crippen MR) is 68.7 cm³/mol. The quantitative estimate of drug-likeness (QED) is 0.711. The number of halogens is 1. The fraction of sp³-hybridized carbons (Fsp3) is 0.533. The first kappa shape index (κ1) is 13.9.